The number of hydrogen-bond donors (Lipinski definition) is 0. The maximum Gasteiger partial charge on any atom is 0.149 e. The standard InChI is InChI=1S/C14H15ClO2S/c1-10-7-8-11-5-3-4-6-12(11)14(10)13(15)9-18(2,16)17/h3-8,13H,9H2,1-2H3. The molecule has 0 aliphatic rings. The SMILES string of the molecule is Cc1ccc2ccccc2c1C(Cl)CS(C)(=O)=O. The van der Waals surface area contributed by atoms with Crippen LogP contribution in [0.1, 0.15) is 16.5 Å². The van der Waals surface area contributed by atoms with E-state index < -0.39 is 15.2 Å². The van der Waals surface area contributed by atoms with E-state index in [2.05, 4.69) is 0 Å². The summed E-state index contributed by atoms with van der Waals surface area (Å²) >= 11 is 6.30. The maximum atomic E-state index is 11.4. The summed E-state index contributed by atoms with van der Waals surface area (Å²) in [6, 6.07) is 11.9. The second-order valence-corrected chi connectivity index (χ2v) is 7.29. The maximum absolute atomic E-state index is 11.4. The molecule has 0 heterocycles. The molecule has 0 saturated carbocycles. The molecular formula is C14H15ClO2S. The van der Waals surface area contributed by atoms with E-state index in [4.69, 9.17) is 11.6 Å². The zero-order valence-corrected chi connectivity index (χ0v) is 11.9. The molecule has 0 aromatic heterocycles. The van der Waals surface area contributed by atoms with E-state index in [0.29, 0.717) is 0 Å². The number of fused-ring (bicyclic) bond motifs is 1. The average molecular weight is 283 g/mol. The summed E-state index contributed by atoms with van der Waals surface area (Å²) < 4.78 is 22.8. The highest BCUT2D eigenvalue weighted by molar-refractivity contribution is 7.90. The van der Waals surface area contributed by atoms with Crippen molar-refractivity contribution in [3.8, 4) is 0 Å². The molecular weight excluding hydrogens is 268 g/mol. The molecule has 2 nitrogen and oxygen atoms in total. The molecule has 1 atom stereocenters. The van der Waals surface area contributed by atoms with Gasteiger partial charge in [-0.2, -0.15) is 0 Å². The molecule has 0 amide bonds. The van der Waals surface area contributed by atoms with Crippen LogP contribution in [-0.2, 0) is 9.84 Å². The molecule has 2 aromatic carbocycles. The van der Waals surface area contributed by atoms with Crippen molar-refractivity contribution < 1.29 is 8.42 Å². The summed E-state index contributed by atoms with van der Waals surface area (Å²) in [7, 11) is -3.09. The minimum Gasteiger partial charge on any atom is -0.229 e. The van der Waals surface area contributed by atoms with E-state index >= 15 is 0 Å². The Kier molecular flexibility index (Phi) is 3.64. The summed E-state index contributed by atoms with van der Waals surface area (Å²) in [5.41, 5.74) is 1.94. The number of alkyl halides is 1. The van der Waals surface area contributed by atoms with Crippen LogP contribution < -0.4 is 0 Å². The second-order valence-electron chi connectivity index (χ2n) is 4.58. The predicted molar refractivity (Wildman–Crippen MR) is 77.0 cm³/mol. The van der Waals surface area contributed by atoms with Gasteiger partial charge in [-0.15, -0.1) is 11.6 Å². The van der Waals surface area contributed by atoms with E-state index in [1.807, 2.05) is 43.3 Å². The molecule has 2 rings (SSSR count). The number of halogens is 1. The van der Waals surface area contributed by atoms with Crippen LogP contribution in [0.4, 0.5) is 0 Å². The molecule has 0 bridgehead atoms. The molecule has 0 fully saturated rings. The smallest absolute Gasteiger partial charge is 0.149 e. The van der Waals surface area contributed by atoms with Crippen LogP contribution in [0.2, 0.25) is 0 Å². The summed E-state index contributed by atoms with van der Waals surface area (Å²) in [6.07, 6.45) is 1.21. The van der Waals surface area contributed by atoms with Crippen molar-refractivity contribution in [2.45, 2.75) is 12.3 Å². The number of hydrogen-bond acceptors (Lipinski definition) is 2. The van der Waals surface area contributed by atoms with E-state index in [9.17, 15) is 8.42 Å². The lowest BCUT2D eigenvalue weighted by Gasteiger charge is -2.15. The molecule has 0 spiro atoms. The zero-order chi connectivity index (χ0) is 13.3. The Hall–Kier alpha value is -1.06. The Balaban J connectivity index is 2.59. The van der Waals surface area contributed by atoms with E-state index in [-0.39, 0.29) is 5.75 Å². The molecule has 0 aliphatic carbocycles. The highest BCUT2D eigenvalue weighted by Crippen LogP contribution is 2.32. The number of aryl methyl sites for hydroxylation is 1. The third-order valence-corrected chi connectivity index (χ3v) is 4.45. The monoisotopic (exact) mass is 282 g/mol. The number of rotatable bonds is 3. The van der Waals surface area contributed by atoms with Gasteiger partial charge in [0.1, 0.15) is 9.84 Å². The molecule has 0 aliphatic heterocycles. The van der Waals surface area contributed by atoms with Crippen LogP contribution in [0.5, 0.6) is 0 Å². The lowest BCUT2D eigenvalue weighted by atomic mass is 9.98. The van der Waals surface area contributed by atoms with Crippen LogP contribution in [0.3, 0.4) is 0 Å². The van der Waals surface area contributed by atoms with Gasteiger partial charge in [0.25, 0.3) is 0 Å². The lowest BCUT2D eigenvalue weighted by Crippen LogP contribution is -2.10. The fraction of sp³-hybridized carbons (Fsp3) is 0.286. The zero-order valence-electron chi connectivity index (χ0n) is 10.4. The lowest BCUT2D eigenvalue weighted by molar-refractivity contribution is 0.600. The number of sulfone groups is 1. The predicted octanol–water partition coefficient (Wildman–Crippen LogP) is 3.47. The molecule has 2 aromatic rings. The summed E-state index contributed by atoms with van der Waals surface area (Å²) in [6.45, 7) is 1.96. The summed E-state index contributed by atoms with van der Waals surface area (Å²) in [5, 5.41) is 1.60. The third kappa shape index (κ3) is 2.85. The molecule has 1 unspecified atom stereocenters. The third-order valence-electron chi connectivity index (χ3n) is 2.95. The van der Waals surface area contributed by atoms with Gasteiger partial charge in [0, 0.05) is 6.26 Å². The van der Waals surface area contributed by atoms with Crippen molar-refractivity contribution in [3.63, 3.8) is 0 Å². The fourth-order valence-corrected chi connectivity index (χ4v) is 3.84. The first-order valence-electron chi connectivity index (χ1n) is 5.68. The van der Waals surface area contributed by atoms with Crippen LogP contribution in [-0.4, -0.2) is 20.4 Å². The second kappa shape index (κ2) is 4.90. The van der Waals surface area contributed by atoms with Crippen molar-refractivity contribution >= 4 is 32.2 Å². The first kappa shape index (κ1) is 13.4. The first-order chi connectivity index (χ1) is 8.38. The van der Waals surface area contributed by atoms with Crippen molar-refractivity contribution in [1.29, 1.82) is 0 Å². The van der Waals surface area contributed by atoms with Gasteiger partial charge in [-0.1, -0.05) is 36.4 Å². The van der Waals surface area contributed by atoms with Gasteiger partial charge >= 0.3 is 0 Å². The Morgan fingerprint density at radius 1 is 1.17 bits per heavy atom. The van der Waals surface area contributed by atoms with Gasteiger partial charge in [0.2, 0.25) is 0 Å². The largest absolute Gasteiger partial charge is 0.229 e. The van der Waals surface area contributed by atoms with Crippen molar-refractivity contribution in [2.75, 3.05) is 12.0 Å². The summed E-state index contributed by atoms with van der Waals surface area (Å²) in [5.74, 6) is -0.0383. The number of benzene rings is 2. The van der Waals surface area contributed by atoms with E-state index in [1.165, 1.54) is 6.26 Å². The first-order valence-corrected chi connectivity index (χ1v) is 8.18. The van der Waals surface area contributed by atoms with Gasteiger partial charge in [-0.3, -0.25) is 0 Å². The molecule has 0 saturated heterocycles. The van der Waals surface area contributed by atoms with Crippen LogP contribution in [0, 0.1) is 6.92 Å². The quantitative estimate of drug-likeness (QED) is 0.808. The van der Waals surface area contributed by atoms with Crippen LogP contribution >= 0.6 is 11.6 Å². The van der Waals surface area contributed by atoms with E-state index in [0.717, 1.165) is 21.9 Å². The minimum absolute atomic E-state index is 0.0383. The van der Waals surface area contributed by atoms with Gasteiger partial charge in [-0.05, 0) is 28.8 Å². The minimum atomic E-state index is -3.09. The molecule has 96 valence electrons. The van der Waals surface area contributed by atoms with Gasteiger partial charge in [0.15, 0.2) is 0 Å². The van der Waals surface area contributed by atoms with Gasteiger partial charge in [0.05, 0.1) is 11.1 Å². The highest BCUT2D eigenvalue weighted by Gasteiger charge is 2.18. The van der Waals surface area contributed by atoms with Crippen molar-refractivity contribution in [1.82, 2.24) is 0 Å². The summed E-state index contributed by atoms with van der Waals surface area (Å²) in [4.78, 5) is 0. The van der Waals surface area contributed by atoms with Gasteiger partial charge in [-0.25, -0.2) is 8.42 Å². The molecule has 4 heteroatoms. The molecule has 0 N–H and O–H groups in total. The van der Waals surface area contributed by atoms with Crippen LogP contribution in [0.15, 0.2) is 36.4 Å². The molecule has 18 heavy (non-hydrogen) atoms. The van der Waals surface area contributed by atoms with Crippen molar-refractivity contribution in [3.05, 3.63) is 47.5 Å². The normalized spacial score (nSPS) is 13.7. The highest BCUT2D eigenvalue weighted by atomic mass is 35.5. The Labute approximate surface area is 113 Å². The topological polar surface area (TPSA) is 34.1 Å². The van der Waals surface area contributed by atoms with E-state index in [1.54, 1.807) is 0 Å². The fourth-order valence-electron chi connectivity index (χ4n) is 2.17. The van der Waals surface area contributed by atoms with Gasteiger partial charge < -0.3 is 0 Å². The Bertz CT molecular complexity index is 677. The Morgan fingerprint density at radius 3 is 2.50 bits per heavy atom. The average Bonchev–Trinajstić information content (AvgIpc) is 2.26. The molecule has 0 radical (unpaired) electrons. The van der Waals surface area contributed by atoms with Crippen molar-refractivity contribution in [2.24, 2.45) is 0 Å². The van der Waals surface area contributed by atoms with Crippen LogP contribution in [0.25, 0.3) is 10.8 Å². The Morgan fingerprint density at radius 2 is 1.83 bits per heavy atom.